The van der Waals surface area contributed by atoms with Crippen molar-refractivity contribution in [3.63, 3.8) is 0 Å². The van der Waals surface area contributed by atoms with E-state index >= 15 is 0 Å². The highest BCUT2D eigenvalue weighted by atomic mass is 32.1. The fraction of sp³-hybridized carbons (Fsp3) is 0.500. The molecule has 1 saturated carbocycles. The summed E-state index contributed by atoms with van der Waals surface area (Å²) in [5.74, 6) is 1.45. The molecule has 0 aliphatic heterocycles. The van der Waals surface area contributed by atoms with Gasteiger partial charge in [0, 0.05) is 30.0 Å². The monoisotopic (exact) mass is 431 g/mol. The lowest BCUT2D eigenvalue weighted by Crippen LogP contribution is -2.38. The number of methoxy groups -OCH3 is 2. The molecule has 1 aromatic heterocycles. The molecule has 1 aliphatic rings. The summed E-state index contributed by atoms with van der Waals surface area (Å²) in [6.45, 7) is 0.874. The highest BCUT2D eigenvalue weighted by molar-refractivity contribution is 7.13. The Balaban J connectivity index is 1.44. The van der Waals surface area contributed by atoms with Gasteiger partial charge in [-0.1, -0.05) is 19.3 Å². The molecule has 1 fully saturated rings. The highest BCUT2D eigenvalue weighted by Gasteiger charge is 2.20. The minimum absolute atomic E-state index is 0.105. The summed E-state index contributed by atoms with van der Waals surface area (Å²) < 4.78 is 10.6. The summed E-state index contributed by atoms with van der Waals surface area (Å²) in [6.07, 6.45) is 5.65. The zero-order chi connectivity index (χ0) is 21.3. The second-order valence-corrected chi connectivity index (χ2v) is 8.22. The molecule has 2 amide bonds. The molecule has 8 heteroatoms. The van der Waals surface area contributed by atoms with Gasteiger partial charge >= 0.3 is 0 Å². The number of benzene rings is 1. The minimum atomic E-state index is -0.105. The third-order valence-corrected chi connectivity index (χ3v) is 6.19. The van der Waals surface area contributed by atoms with Crippen LogP contribution in [-0.4, -0.2) is 44.1 Å². The van der Waals surface area contributed by atoms with Crippen LogP contribution in [0.1, 0.15) is 37.8 Å². The fourth-order valence-corrected chi connectivity index (χ4v) is 4.43. The topological polar surface area (TPSA) is 89.5 Å². The fourth-order valence-electron chi connectivity index (χ4n) is 3.61. The summed E-state index contributed by atoms with van der Waals surface area (Å²) in [4.78, 5) is 28.9. The molecule has 0 bridgehead atoms. The van der Waals surface area contributed by atoms with Crippen molar-refractivity contribution in [1.29, 1.82) is 0 Å². The van der Waals surface area contributed by atoms with E-state index in [1.807, 2.05) is 23.6 Å². The van der Waals surface area contributed by atoms with E-state index in [4.69, 9.17) is 9.47 Å². The normalized spacial score (nSPS) is 14.2. The molecule has 0 atom stereocenters. The van der Waals surface area contributed by atoms with Crippen LogP contribution in [0, 0.1) is 5.92 Å². The molecule has 2 N–H and O–H groups in total. The van der Waals surface area contributed by atoms with Gasteiger partial charge in [-0.3, -0.25) is 9.59 Å². The number of ether oxygens (including phenoxy) is 2. The minimum Gasteiger partial charge on any atom is -0.493 e. The van der Waals surface area contributed by atoms with Gasteiger partial charge in [-0.05, 0) is 31.0 Å². The second-order valence-electron chi connectivity index (χ2n) is 7.37. The first-order chi connectivity index (χ1) is 14.6. The molecular formula is C22H29N3O4S. The molecule has 1 aliphatic carbocycles. The van der Waals surface area contributed by atoms with Crippen LogP contribution < -0.4 is 20.1 Å². The SMILES string of the molecule is COc1ccc(-c2nc(CC(=O)NCCNC(=O)C3CCCCC3)cs2)cc1OC. The van der Waals surface area contributed by atoms with E-state index in [0.717, 1.165) is 36.3 Å². The van der Waals surface area contributed by atoms with Crippen molar-refractivity contribution in [3.05, 3.63) is 29.3 Å². The quantitative estimate of drug-likeness (QED) is 0.595. The molecule has 2 aromatic rings. The molecule has 0 spiro atoms. The first kappa shape index (κ1) is 22.1. The molecule has 30 heavy (non-hydrogen) atoms. The van der Waals surface area contributed by atoms with E-state index in [0.29, 0.717) is 30.3 Å². The summed E-state index contributed by atoms with van der Waals surface area (Å²) in [6, 6.07) is 5.62. The van der Waals surface area contributed by atoms with Crippen molar-refractivity contribution < 1.29 is 19.1 Å². The third kappa shape index (κ3) is 5.95. The Morgan fingerprint density at radius 2 is 1.80 bits per heavy atom. The van der Waals surface area contributed by atoms with Gasteiger partial charge in [-0.15, -0.1) is 11.3 Å². The average molecular weight is 432 g/mol. The molecule has 1 aromatic carbocycles. The largest absolute Gasteiger partial charge is 0.493 e. The molecular weight excluding hydrogens is 402 g/mol. The second kappa shape index (κ2) is 11.0. The van der Waals surface area contributed by atoms with Gasteiger partial charge in [-0.2, -0.15) is 0 Å². The predicted molar refractivity (Wildman–Crippen MR) is 117 cm³/mol. The first-order valence-corrected chi connectivity index (χ1v) is 11.2. The van der Waals surface area contributed by atoms with Crippen molar-refractivity contribution in [2.45, 2.75) is 38.5 Å². The highest BCUT2D eigenvalue weighted by Crippen LogP contribution is 2.33. The van der Waals surface area contributed by atoms with E-state index in [1.54, 1.807) is 14.2 Å². The van der Waals surface area contributed by atoms with Crippen LogP contribution in [0.2, 0.25) is 0 Å². The molecule has 0 radical (unpaired) electrons. The van der Waals surface area contributed by atoms with Crippen LogP contribution in [0.3, 0.4) is 0 Å². The molecule has 1 heterocycles. The number of hydrogen-bond donors (Lipinski definition) is 2. The van der Waals surface area contributed by atoms with Crippen molar-refractivity contribution >= 4 is 23.2 Å². The summed E-state index contributed by atoms with van der Waals surface area (Å²) in [7, 11) is 3.19. The summed E-state index contributed by atoms with van der Waals surface area (Å²) >= 11 is 1.48. The molecule has 0 saturated heterocycles. The Kier molecular flexibility index (Phi) is 8.07. The maximum absolute atomic E-state index is 12.2. The number of carbonyl (C=O) groups excluding carboxylic acids is 2. The number of carbonyl (C=O) groups is 2. The van der Waals surface area contributed by atoms with Crippen LogP contribution >= 0.6 is 11.3 Å². The average Bonchev–Trinajstić information content (AvgIpc) is 3.25. The molecule has 0 unspecified atom stereocenters. The van der Waals surface area contributed by atoms with Crippen molar-refractivity contribution in [2.75, 3.05) is 27.3 Å². The molecule has 3 rings (SSSR count). The lowest BCUT2D eigenvalue weighted by Gasteiger charge is -2.20. The Hall–Kier alpha value is -2.61. The predicted octanol–water partition coefficient (Wildman–Crippen LogP) is 3.18. The number of hydrogen-bond acceptors (Lipinski definition) is 6. The smallest absolute Gasteiger partial charge is 0.226 e. The van der Waals surface area contributed by atoms with Crippen LogP contribution in [-0.2, 0) is 16.0 Å². The third-order valence-electron chi connectivity index (χ3n) is 5.25. The van der Waals surface area contributed by atoms with Crippen molar-refractivity contribution in [1.82, 2.24) is 15.6 Å². The van der Waals surface area contributed by atoms with Gasteiger partial charge in [-0.25, -0.2) is 4.98 Å². The van der Waals surface area contributed by atoms with Gasteiger partial charge < -0.3 is 20.1 Å². The van der Waals surface area contributed by atoms with Gasteiger partial charge in [0.05, 0.1) is 26.3 Å². The van der Waals surface area contributed by atoms with Gasteiger partial charge in [0.15, 0.2) is 11.5 Å². The van der Waals surface area contributed by atoms with Gasteiger partial charge in [0.2, 0.25) is 11.8 Å². The first-order valence-electron chi connectivity index (χ1n) is 10.3. The zero-order valence-electron chi connectivity index (χ0n) is 17.5. The lowest BCUT2D eigenvalue weighted by molar-refractivity contribution is -0.126. The summed E-state index contributed by atoms with van der Waals surface area (Å²) in [5, 5.41) is 8.48. The van der Waals surface area contributed by atoms with E-state index < -0.39 is 0 Å². The number of amides is 2. The van der Waals surface area contributed by atoms with E-state index in [2.05, 4.69) is 15.6 Å². The number of rotatable bonds is 9. The standard InChI is InChI=1S/C22H29N3O4S/c1-28-18-9-8-16(12-19(18)29-2)22-25-17(14-30-22)13-20(26)23-10-11-24-21(27)15-6-4-3-5-7-15/h8-9,12,14-15H,3-7,10-11,13H2,1-2H3,(H,23,26)(H,24,27). The molecule has 162 valence electrons. The number of nitrogens with zero attached hydrogens (tertiary/aromatic N) is 1. The van der Waals surface area contributed by atoms with Crippen LogP contribution in [0.4, 0.5) is 0 Å². The van der Waals surface area contributed by atoms with Crippen LogP contribution in [0.5, 0.6) is 11.5 Å². The van der Waals surface area contributed by atoms with E-state index in [-0.39, 0.29) is 24.2 Å². The van der Waals surface area contributed by atoms with E-state index in [9.17, 15) is 9.59 Å². The Bertz CT molecular complexity index is 862. The maximum Gasteiger partial charge on any atom is 0.226 e. The number of aromatic nitrogens is 1. The Morgan fingerprint density at radius 3 is 2.53 bits per heavy atom. The van der Waals surface area contributed by atoms with Crippen molar-refractivity contribution in [3.8, 4) is 22.1 Å². The van der Waals surface area contributed by atoms with Crippen molar-refractivity contribution in [2.24, 2.45) is 5.92 Å². The summed E-state index contributed by atoms with van der Waals surface area (Å²) in [5.41, 5.74) is 1.63. The number of thiazole rings is 1. The van der Waals surface area contributed by atoms with Crippen LogP contribution in [0.15, 0.2) is 23.6 Å². The zero-order valence-corrected chi connectivity index (χ0v) is 18.3. The lowest BCUT2D eigenvalue weighted by atomic mass is 9.89. The maximum atomic E-state index is 12.2. The Morgan fingerprint density at radius 1 is 1.07 bits per heavy atom. The number of nitrogens with one attached hydrogen (secondary N) is 2. The van der Waals surface area contributed by atoms with Crippen LogP contribution in [0.25, 0.3) is 10.6 Å². The van der Waals surface area contributed by atoms with E-state index in [1.165, 1.54) is 17.8 Å². The molecule has 7 nitrogen and oxygen atoms in total. The van der Waals surface area contributed by atoms with Gasteiger partial charge in [0.1, 0.15) is 5.01 Å². The Labute approximate surface area is 181 Å². The van der Waals surface area contributed by atoms with Gasteiger partial charge in [0.25, 0.3) is 0 Å².